The number of pyridine rings is 1. The van der Waals surface area contributed by atoms with Gasteiger partial charge in [0.1, 0.15) is 5.69 Å². The van der Waals surface area contributed by atoms with Crippen LogP contribution in [0.4, 0.5) is 5.69 Å². The van der Waals surface area contributed by atoms with E-state index in [0.29, 0.717) is 31.1 Å². The van der Waals surface area contributed by atoms with Crippen molar-refractivity contribution in [1.82, 2.24) is 9.88 Å². The molecule has 1 aliphatic heterocycles. The van der Waals surface area contributed by atoms with Gasteiger partial charge < -0.3 is 14.8 Å². The van der Waals surface area contributed by atoms with E-state index in [0.717, 1.165) is 17.7 Å². The summed E-state index contributed by atoms with van der Waals surface area (Å²) in [5.41, 5.74) is 2.11. The lowest BCUT2D eigenvalue weighted by atomic mass is 9.99. The van der Waals surface area contributed by atoms with E-state index in [1.807, 2.05) is 18.2 Å². The van der Waals surface area contributed by atoms with Crippen LogP contribution in [0.1, 0.15) is 24.8 Å². The average molecular weight is 365 g/mol. The van der Waals surface area contributed by atoms with Crippen molar-refractivity contribution in [2.45, 2.75) is 25.3 Å². The van der Waals surface area contributed by atoms with Gasteiger partial charge in [-0.3, -0.25) is 14.4 Å². The van der Waals surface area contributed by atoms with Gasteiger partial charge in [-0.1, -0.05) is 18.7 Å². The van der Waals surface area contributed by atoms with Crippen molar-refractivity contribution < 1.29 is 9.59 Å². The lowest BCUT2D eigenvalue weighted by Crippen LogP contribution is -2.62. The van der Waals surface area contributed by atoms with Crippen molar-refractivity contribution >= 4 is 23.0 Å². The van der Waals surface area contributed by atoms with Crippen molar-refractivity contribution in [1.29, 1.82) is 0 Å². The Balaban J connectivity index is 1.62. The van der Waals surface area contributed by atoms with Crippen molar-refractivity contribution in [2.75, 3.05) is 24.5 Å². The van der Waals surface area contributed by atoms with Crippen molar-refractivity contribution in [3.63, 3.8) is 0 Å². The monoisotopic (exact) mass is 365 g/mol. The number of nitrogens with one attached hydrogen (secondary N) is 1. The zero-order chi connectivity index (χ0) is 19.0. The molecule has 2 heterocycles. The number of anilines is 1. The molecule has 0 bridgehead atoms. The topological polar surface area (TPSA) is 73.5 Å². The molecule has 2 aliphatic carbocycles. The van der Waals surface area contributed by atoms with Crippen LogP contribution in [0.5, 0.6) is 0 Å². The highest BCUT2D eigenvalue weighted by Crippen LogP contribution is 2.33. The Kier molecular flexibility index (Phi) is 4.56. The molecule has 1 aromatic heterocycles. The van der Waals surface area contributed by atoms with Crippen LogP contribution in [-0.2, 0) is 9.59 Å². The van der Waals surface area contributed by atoms with Gasteiger partial charge in [-0.25, -0.2) is 0 Å². The number of H-pyrrole nitrogens is 1. The summed E-state index contributed by atoms with van der Waals surface area (Å²) in [7, 11) is 0. The molecule has 0 spiro atoms. The summed E-state index contributed by atoms with van der Waals surface area (Å²) in [6.07, 6.45) is 11.1. The van der Waals surface area contributed by atoms with Crippen molar-refractivity contribution in [3.8, 4) is 0 Å². The van der Waals surface area contributed by atoms with Crippen LogP contribution in [0.3, 0.4) is 0 Å². The number of likely N-dealkylation sites (tertiary alicyclic amines) is 1. The predicted octanol–water partition coefficient (Wildman–Crippen LogP) is 1.90. The Morgan fingerprint density at radius 2 is 2.11 bits per heavy atom. The number of ketones is 1. The third-order valence-corrected chi connectivity index (χ3v) is 5.40. The summed E-state index contributed by atoms with van der Waals surface area (Å²) in [5.74, 6) is 0.594. The maximum atomic E-state index is 12.6. The Bertz CT molecular complexity index is 901. The standard InChI is InChI=1S/C21H23N3O3/c1-2-20(26)23-12-17(13-23)24(11-14-6-7-14)19-9-16(10-22-21(19)27)15-4-3-5-18(25)8-15/h2-4,8-10,14,17H,1,5-7,11-13H2,(H,22,27). The van der Waals surface area contributed by atoms with Gasteiger partial charge in [-0.15, -0.1) is 0 Å². The summed E-state index contributed by atoms with van der Waals surface area (Å²) in [4.78, 5) is 42.8. The number of hydrogen-bond acceptors (Lipinski definition) is 4. The number of carbonyl (C=O) groups excluding carboxylic acids is 2. The quantitative estimate of drug-likeness (QED) is 0.782. The maximum Gasteiger partial charge on any atom is 0.271 e. The summed E-state index contributed by atoms with van der Waals surface area (Å²) in [6.45, 7) is 5.55. The summed E-state index contributed by atoms with van der Waals surface area (Å²) < 4.78 is 0. The fraction of sp³-hybridized carbons (Fsp3) is 0.381. The SMILES string of the molecule is C=CC(=O)N1CC(N(CC2CC2)c2cc(C3=CC(=O)CC=C3)c[nH]c2=O)C1. The highest BCUT2D eigenvalue weighted by atomic mass is 16.2. The first kappa shape index (κ1) is 17.5. The molecule has 0 aromatic carbocycles. The van der Waals surface area contributed by atoms with E-state index >= 15 is 0 Å². The Morgan fingerprint density at radius 1 is 1.33 bits per heavy atom. The molecule has 1 aromatic rings. The predicted molar refractivity (Wildman–Crippen MR) is 104 cm³/mol. The fourth-order valence-electron chi connectivity index (χ4n) is 3.60. The molecular weight excluding hydrogens is 342 g/mol. The first-order valence-electron chi connectivity index (χ1n) is 9.37. The van der Waals surface area contributed by atoms with E-state index in [1.165, 1.54) is 18.9 Å². The molecular formula is C21H23N3O3. The number of carbonyl (C=O) groups is 2. The van der Waals surface area contributed by atoms with Crippen LogP contribution >= 0.6 is 0 Å². The molecule has 0 unspecified atom stereocenters. The number of hydrogen-bond donors (Lipinski definition) is 1. The van der Waals surface area contributed by atoms with Crippen LogP contribution in [-0.4, -0.2) is 47.3 Å². The molecule has 6 heteroatoms. The Labute approximate surface area is 157 Å². The van der Waals surface area contributed by atoms with Gasteiger partial charge in [-0.2, -0.15) is 0 Å². The largest absolute Gasteiger partial charge is 0.360 e. The molecule has 3 aliphatic rings. The highest BCUT2D eigenvalue weighted by Gasteiger charge is 2.37. The van der Waals surface area contributed by atoms with Crippen LogP contribution < -0.4 is 10.5 Å². The number of rotatable bonds is 6. The molecule has 27 heavy (non-hydrogen) atoms. The Hall–Kier alpha value is -2.89. The van der Waals surface area contributed by atoms with Crippen LogP contribution in [0.15, 0.2) is 47.9 Å². The summed E-state index contributed by atoms with van der Waals surface area (Å²) in [6, 6.07) is 2.00. The zero-order valence-electron chi connectivity index (χ0n) is 15.2. The highest BCUT2D eigenvalue weighted by molar-refractivity contribution is 6.01. The molecule has 4 rings (SSSR count). The molecule has 1 amide bonds. The smallest absolute Gasteiger partial charge is 0.271 e. The van der Waals surface area contributed by atoms with E-state index in [1.54, 1.807) is 17.2 Å². The average Bonchev–Trinajstić information content (AvgIpc) is 3.44. The number of nitrogens with zero attached hydrogens (tertiary/aromatic N) is 2. The van der Waals surface area contributed by atoms with E-state index in [9.17, 15) is 14.4 Å². The van der Waals surface area contributed by atoms with E-state index < -0.39 is 0 Å². The van der Waals surface area contributed by atoms with E-state index in [2.05, 4.69) is 16.5 Å². The minimum Gasteiger partial charge on any atom is -0.360 e. The maximum absolute atomic E-state index is 12.6. The van der Waals surface area contributed by atoms with Gasteiger partial charge >= 0.3 is 0 Å². The Morgan fingerprint density at radius 3 is 2.78 bits per heavy atom. The second-order valence-electron chi connectivity index (χ2n) is 7.47. The second kappa shape index (κ2) is 7.02. The minimum absolute atomic E-state index is 0.0626. The zero-order valence-corrected chi connectivity index (χ0v) is 15.2. The molecule has 2 fully saturated rings. The normalized spacial score (nSPS) is 19.5. The van der Waals surface area contributed by atoms with Gasteiger partial charge in [0.25, 0.3) is 5.56 Å². The lowest BCUT2D eigenvalue weighted by molar-refractivity contribution is -0.130. The number of amides is 1. The van der Waals surface area contributed by atoms with Gasteiger partial charge in [0.2, 0.25) is 5.91 Å². The second-order valence-corrected chi connectivity index (χ2v) is 7.47. The lowest BCUT2D eigenvalue weighted by Gasteiger charge is -2.46. The number of aromatic amines is 1. The van der Waals surface area contributed by atoms with Gasteiger partial charge in [0.15, 0.2) is 5.78 Å². The molecule has 1 saturated carbocycles. The van der Waals surface area contributed by atoms with E-state index in [-0.39, 0.29) is 23.3 Å². The fourth-order valence-corrected chi connectivity index (χ4v) is 3.60. The molecule has 1 N–H and O–H groups in total. The summed E-state index contributed by atoms with van der Waals surface area (Å²) >= 11 is 0. The molecule has 0 atom stereocenters. The van der Waals surface area contributed by atoms with Gasteiger partial charge in [0.05, 0.1) is 6.04 Å². The first-order valence-corrected chi connectivity index (χ1v) is 9.37. The van der Waals surface area contributed by atoms with E-state index in [4.69, 9.17) is 0 Å². The van der Waals surface area contributed by atoms with Crippen LogP contribution in [0.2, 0.25) is 0 Å². The number of allylic oxidation sites excluding steroid dienone is 4. The third kappa shape index (κ3) is 3.65. The first-order chi connectivity index (χ1) is 13.0. The third-order valence-electron chi connectivity index (χ3n) is 5.40. The molecule has 1 saturated heterocycles. The van der Waals surface area contributed by atoms with Crippen molar-refractivity contribution in [2.24, 2.45) is 5.92 Å². The van der Waals surface area contributed by atoms with Crippen LogP contribution in [0, 0.1) is 5.92 Å². The molecule has 6 nitrogen and oxygen atoms in total. The van der Waals surface area contributed by atoms with Gasteiger partial charge in [-0.05, 0) is 42.6 Å². The van der Waals surface area contributed by atoms with Crippen LogP contribution in [0.25, 0.3) is 5.57 Å². The van der Waals surface area contributed by atoms with Crippen molar-refractivity contribution in [3.05, 3.63) is 59.1 Å². The van der Waals surface area contributed by atoms with Gasteiger partial charge in [0, 0.05) is 37.8 Å². The number of aromatic nitrogens is 1. The molecule has 0 radical (unpaired) electrons. The molecule has 140 valence electrons. The summed E-state index contributed by atoms with van der Waals surface area (Å²) in [5, 5.41) is 0. The minimum atomic E-state index is -0.139.